The topological polar surface area (TPSA) is 88.1 Å². The van der Waals surface area contributed by atoms with Crippen LogP contribution in [0, 0.1) is 5.92 Å². The first-order valence-corrected chi connectivity index (χ1v) is 9.25. The largest absolute Gasteiger partial charge is 0.355 e. The second-order valence-corrected chi connectivity index (χ2v) is 6.94. The van der Waals surface area contributed by atoms with Gasteiger partial charge in [-0.1, -0.05) is 0 Å². The average Bonchev–Trinajstić information content (AvgIpc) is 3.11. The van der Waals surface area contributed by atoms with Crippen molar-refractivity contribution < 1.29 is 9.59 Å². The van der Waals surface area contributed by atoms with Crippen LogP contribution in [0.2, 0.25) is 0 Å². The molecule has 0 saturated carbocycles. The van der Waals surface area contributed by atoms with Crippen molar-refractivity contribution in [2.24, 2.45) is 5.92 Å². The molecular formula is C17H21N5O2S. The number of hydrogen-bond donors (Lipinski definition) is 1. The van der Waals surface area contributed by atoms with Crippen LogP contribution in [0.5, 0.6) is 0 Å². The monoisotopic (exact) mass is 359 g/mol. The van der Waals surface area contributed by atoms with Crippen LogP contribution in [0.3, 0.4) is 0 Å². The minimum absolute atomic E-state index is 0.0235. The molecule has 0 spiro atoms. The third-order valence-corrected chi connectivity index (χ3v) is 5.17. The Kier molecular flexibility index (Phi) is 5.70. The Hall–Kier alpha value is -2.35. The molecule has 3 heterocycles. The molecule has 1 atom stereocenters. The van der Waals surface area contributed by atoms with Gasteiger partial charge in [-0.05, 0) is 12.8 Å². The molecule has 0 unspecified atom stereocenters. The highest BCUT2D eigenvalue weighted by atomic mass is 32.1. The van der Waals surface area contributed by atoms with E-state index in [0.717, 1.165) is 35.8 Å². The van der Waals surface area contributed by atoms with Crippen molar-refractivity contribution in [1.29, 1.82) is 0 Å². The fraction of sp³-hybridized carbons (Fsp3) is 0.471. The number of thiazole rings is 1. The van der Waals surface area contributed by atoms with Crippen molar-refractivity contribution in [3.8, 4) is 10.7 Å². The van der Waals surface area contributed by atoms with Gasteiger partial charge >= 0.3 is 0 Å². The second kappa shape index (κ2) is 8.15. The van der Waals surface area contributed by atoms with E-state index in [4.69, 9.17) is 0 Å². The Morgan fingerprint density at radius 3 is 3.04 bits per heavy atom. The van der Waals surface area contributed by atoms with Gasteiger partial charge in [0.15, 0.2) is 0 Å². The Bertz CT molecular complexity index is 734. The van der Waals surface area contributed by atoms with Crippen LogP contribution in [-0.4, -0.2) is 51.3 Å². The molecule has 2 amide bonds. The van der Waals surface area contributed by atoms with Gasteiger partial charge in [0.1, 0.15) is 10.7 Å². The molecule has 0 bridgehead atoms. The van der Waals surface area contributed by atoms with E-state index < -0.39 is 0 Å². The maximum absolute atomic E-state index is 12.3. The van der Waals surface area contributed by atoms with Gasteiger partial charge in [-0.25, -0.2) is 4.98 Å². The number of nitrogens with one attached hydrogen (secondary N) is 1. The van der Waals surface area contributed by atoms with Crippen molar-refractivity contribution in [2.75, 3.05) is 19.6 Å². The van der Waals surface area contributed by atoms with E-state index in [1.807, 2.05) is 5.38 Å². The Morgan fingerprint density at radius 2 is 2.28 bits per heavy atom. The third-order valence-electron chi connectivity index (χ3n) is 4.25. The second-order valence-electron chi connectivity index (χ2n) is 6.08. The number of carbonyl (C=O) groups excluding carboxylic acids is 2. The van der Waals surface area contributed by atoms with Crippen molar-refractivity contribution >= 4 is 23.2 Å². The van der Waals surface area contributed by atoms with E-state index in [1.54, 1.807) is 30.4 Å². The fourth-order valence-corrected chi connectivity index (χ4v) is 3.70. The molecule has 1 N–H and O–H groups in total. The number of hydrogen-bond acceptors (Lipinski definition) is 6. The summed E-state index contributed by atoms with van der Waals surface area (Å²) >= 11 is 1.52. The first-order chi connectivity index (χ1) is 12.1. The highest BCUT2D eigenvalue weighted by molar-refractivity contribution is 7.13. The van der Waals surface area contributed by atoms with Crippen LogP contribution in [0.1, 0.15) is 25.5 Å². The predicted molar refractivity (Wildman–Crippen MR) is 94.8 cm³/mol. The summed E-state index contributed by atoms with van der Waals surface area (Å²) in [5.74, 6) is -0.0462. The summed E-state index contributed by atoms with van der Waals surface area (Å²) in [6.07, 6.45) is 7.35. The summed E-state index contributed by atoms with van der Waals surface area (Å²) in [5, 5.41) is 5.78. The molecule has 1 saturated heterocycles. The number of likely N-dealkylation sites (tertiary alicyclic amines) is 1. The number of aromatic nitrogens is 3. The lowest BCUT2D eigenvalue weighted by atomic mass is 9.97. The molecule has 0 aromatic carbocycles. The van der Waals surface area contributed by atoms with E-state index in [-0.39, 0.29) is 17.7 Å². The summed E-state index contributed by atoms with van der Waals surface area (Å²) in [5.41, 5.74) is 1.69. The molecular weight excluding hydrogens is 338 g/mol. The number of amides is 2. The smallest absolute Gasteiger partial charge is 0.224 e. The molecule has 1 aliphatic rings. The van der Waals surface area contributed by atoms with E-state index in [0.29, 0.717) is 19.5 Å². The molecule has 0 aliphatic carbocycles. The highest BCUT2D eigenvalue weighted by Crippen LogP contribution is 2.21. The summed E-state index contributed by atoms with van der Waals surface area (Å²) in [6, 6.07) is 0. The molecule has 8 heteroatoms. The minimum Gasteiger partial charge on any atom is -0.355 e. The van der Waals surface area contributed by atoms with Crippen LogP contribution < -0.4 is 5.32 Å². The van der Waals surface area contributed by atoms with E-state index >= 15 is 0 Å². The molecule has 2 aromatic heterocycles. The number of piperidine rings is 1. The molecule has 7 nitrogen and oxygen atoms in total. The summed E-state index contributed by atoms with van der Waals surface area (Å²) in [7, 11) is 0. The molecule has 2 aromatic rings. The Labute approximate surface area is 150 Å². The number of rotatable bonds is 5. The minimum atomic E-state index is -0.108. The van der Waals surface area contributed by atoms with Gasteiger partial charge in [0.2, 0.25) is 11.8 Å². The Morgan fingerprint density at radius 1 is 1.40 bits per heavy atom. The average molecular weight is 359 g/mol. The van der Waals surface area contributed by atoms with Crippen LogP contribution in [0.25, 0.3) is 10.7 Å². The van der Waals surface area contributed by atoms with Crippen LogP contribution in [0.4, 0.5) is 0 Å². The van der Waals surface area contributed by atoms with E-state index in [2.05, 4.69) is 20.3 Å². The zero-order chi connectivity index (χ0) is 17.6. The van der Waals surface area contributed by atoms with E-state index in [1.165, 1.54) is 11.3 Å². The Balaban J connectivity index is 1.47. The molecule has 25 heavy (non-hydrogen) atoms. The molecule has 1 fully saturated rings. The van der Waals surface area contributed by atoms with Crippen molar-refractivity contribution in [1.82, 2.24) is 25.2 Å². The van der Waals surface area contributed by atoms with Gasteiger partial charge in [0.25, 0.3) is 0 Å². The highest BCUT2D eigenvalue weighted by Gasteiger charge is 2.26. The normalized spacial score (nSPS) is 17.3. The maximum atomic E-state index is 12.3. The molecule has 1 aliphatic heterocycles. The number of carbonyl (C=O) groups is 2. The predicted octanol–water partition coefficient (Wildman–Crippen LogP) is 1.52. The SMILES string of the molecule is CC(=O)N1CCC[C@H](C(=O)NCCc2csc(-c3cnccn3)n2)C1. The van der Waals surface area contributed by atoms with Gasteiger partial charge in [-0.3, -0.25) is 19.6 Å². The van der Waals surface area contributed by atoms with Crippen LogP contribution in [0.15, 0.2) is 24.0 Å². The zero-order valence-corrected chi connectivity index (χ0v) is 15.0. The maximum Gasteiger partial charge on any atom is 0.224 e. The van der Waals surface area contributed by atoms with Gasteiger partial charge < -0.3 is 10.2 Å². The van der Waals surface area contributed by atoms with Gasteiger partial charge in [-0.15, -0.1) is 11.3 Å². The lowest BCUT2D eigenvalue weighted by molar-refractivity contribution is -0.133. The van der Waals surface area contributed by atoms with E-state index in [9.17, 15) is 9.59 Å². The van der Waals surface area contributed by atoms with Crippen LogP contribution >= 0.6 is 11.3 Å². The lowest BCUT2D eigenvalue weighted by Crippen LogP contribution is -2.45. The molecule has 132 valence electrons. The fourth-order valence-electron chi connectivity index (χ4n) is 2.88. The lowest BCUT2D eigenvalue weighted by Gasteiger charge is -2.31. The first kappa shape index (κ1) is 17.5. The summed E-state index contributed by atoms with van der Waals surface area (Å²) < 4.78 is 0. The van der Waals surface area contributed by atoms with Gasteiger partial charge in [-0.2, -0.15) is 0 Å². The van der Waals surface area contributed by atoms with Crippen molar-refractivity contribution in [3.05, 3.63) is 29.7 Å². The molecule has 0 radical (unpaired) electrons. The summed E-state index contributed by atoms with van der Waals surface area (Å²) in [6.45, 7) is 3.37. The third kappa shape index (κ3) is 4.60. The van der Waals surface area contributed by atoms with Gasteiger partial charge in [0.05, 0.1) is 17.8 Å². The molecule has 3 rings (SSSR count). The van der Waals surface area contributed by atoms with Gasteiger partial charge in [0, 0.05) is 50.8 Å². The van der Waals surface area contributed by atoms with Crippen molar-refractivity contribution in [2.45, 2.75) is 26.2 Å². The quantitative estimate of drug-likeness (QED) is 0.874. The zero-order valence-electron chi connectivity index (χ0n) is 14.1. The first-order valence-electron chi connectivity index (χ1n) is 8.37. The standard InChI is InChI=1S/C17H21N5O2S/c1-12(23)22-8-2-3-13(10-22)16(24)20-5-4-14-11-25-17(21-14)15-9-18-6-7-19-15/h6-7,9,11,13H,2-5,8,10H2,1H3,(H,20,24)/t13-/m0/s1. The van der Waals surface area contributed by atoms with Crippen molar-refractivity contribution in [3.63, 3.8) is 0 Å². The summed E-state index contributed by atoms with van der Waals surface area (Å²) in [4.78, 5) is 38.3. The number of nitrogens with zero attached hydrogens (tertiary/aromatic N) is 4. The van der Waals surface area contributed by atoms with Crippen LogP contribution in [-0.2, 0) is 16.0 Å².